The second kappa shape index (κ2) is 3.99. The Hall–Kier alpha value is -1.07. The number of carbonyl (C=O) groups excluding carboxylic acids is 1. The highest BCUT2D eigenvalue weighted by atomic mass is 16.6. The topological polar surface area (TPSA) is 73.6 Å². The third-order valence-electron chi connectivity index (χ3n) is 2.93. The average molecular weight is 240 g/mol. The monoisotopic (exact) mass is 240 g/mol. The highest BCUT2D eigenvalue weighted by molar-refractivity contribution is 5.67. The minimum absolute atomic E-state index is 0.0950. The Balaban J connectivity index is 1.83. The Bertz CT molecular complexity index is 348. The summed E-state index contributed by atoms with van der Waals surface area (Å²) in [7, 11) is 0. The molecule has 3 atom stereocenters. The third kappa shape index (κ3) is 2.79. The van der Waals surface area contributed by atoms with Crippen LogP contribution in [0.15, 0.2) is 12.2 Å². The Kier molecular flexibility index (Phi) is 2.91. The van der Waals surface area contributed by atoms with Gasteiger partial charge in [0.05, 0.1) is 17.7 Å². The summed E-state index contributed by atoms with van der Waals surface area (Å²) in [4.78, 5) is 11.5. The van der Waals surface area contributed by atoms with Crippen molar-refractivity contribution < 1.29 is 14.3 Å². The van der Waals surface area contributed by atoms with Crippen molar-refractivity contribution in [3.8, 4) is 0 Å². The molecule has 5 nitrogen and oxygen atoms in total. The lowest BCUT2D eigenvalue weighted by atomic mass is 9.86. The number of nitrogens with one attached hydrogen (secondary N) is 1. The summed E-state index contributed by atoms with van der Waals surface area (Å²) >= 11 is 0. The van der Waals surface area contributed by atoms with Crippen molar-refractivity contribution in [2.45, 2.75) is 50.5 Å². The van der Waals surface area contributed by atoms with Crippen LogP contribution in [-0.4, -0.2) is 36.0 Å². The van der Waals surface area contributed by atoms with Gasteiger partial charge in [-0.25, -0.2) is 4.79 Å². The minimum atomic E-state index is -0.504. The number of nitrogens with two attached hydrogens (primary N) is 1. The first-order chi connectivity index (χ1) is 7.78. The number of alkyl carbamates (subject to hydrolysis) is 1. The van der Waals surface area contributed by atoms with Gasteiger partial charge < -0.3 is 20.5 Å². The van der Waals surface area contributed by atoms with E-state index in [1.807, 2.05) is 32.9 Å². The van der Waals surface area contributed by atoms with E-state index >= 15 is 0 Å². The Morgan fingerprint density at radius 1 is 1.59 bits per heavy atom. The van der Waals surface area contributed by atoms with Crippen LogP contribution in [0.25, 0.3) is 0 Å². The first kappa shape index (κ1) is 12.4. The van der Waals surface area contributed by atoms with Gasteiger partial charge in [-0.1, -0.05) is 12.2 Å². The molecule has 3 unspecified atom stereocenters. The number of hydrogen-bond acceptors (Lipinski definition) is 4. The third-order valence-corrected chi connectivity index (χ3v) is 2.93. The minimum Gasteiger partial charge on any atom is -0.444 e. The lowest BCUT2D eigenvalue weighted by Gasteiger charge is -2.29. The zero-order valence-electron chi connectivity index (χ0n) is 10.5. The van der Waals surface area contributed by atoms with Crippen LogP contribution in [-0.2, 0) is 9.47 Å². The van der Waals surface area contributed by atoms with E-state index < -0.39 is 17.2 Å². The van der Waals surface area contributed by atoms with Crippen LogP contribution in [0.2, 0.25) is 0 Å². The summed E-state index contributed by atoms with van der Waals surface area (Å²) in [6.07, 6.45) is 4.29. The smallest absolute Gasteiger partial charge is 0.407 e. The second-order valence-corrected chi connectivity index (χ2v) is 5.77. The maximum atomic E-state index is 11.5. The molecule has 0 aromatic heterocycles. The molecule has 96 valence electrons. The van der Waals surface area contributed by atoms with Crippen LogP contribution in [0.4, 0.5) is 4.79 Å². The van der Waals surface area contributed by atoms with E-state index in [0.29, 0.717) is 6.54 Å². The summed E-state index contributed by atoms with van der Waals surface area (Å²) in [5.41, 5.74) is 5.22. The largest absolute Gasteiger partial charge is 0.444 e. The fourth-order valence-corrected chi connectivity index (χ4v) is 2.16. The molecule has 0 aromatic rings. The first-order valence-electron chi connectivity index (χ1n) is 5.88. The van der Waals surface area contributed by atoms with E-state index in [1.165, 1.54) is 0 Å². The van der Waals surface area contributed by atoms with E-state index in [4.69, 9.17) is 15.2 Å². The molecule has 2 heterocycles. The molecular formula is C12H20N2O3. The van der Waals surface area contributed by atoms with Gasteiger partial charge in [-0.3, -0.25) is 0 Å². The van der Waals surface area contributed by atoms with E-state index in [2.05, 4.69) is 5.32 Å². The quantitative estimate of drug-likeness (QED) is 0.704. The average Bonchev–Trinajstić information content (AvgIpc) is 2.72. The van der Waals surface area contributed by atoms with E-state index in [1.54, 1.807) is 0 Å². The molecule has 0 aromatic carbocycles. The highest BCUT2D eigenvalue weighted by Crippen LogP contribution is 2.34. The summed E-state index contributed by atoms with van der Waals surface area (Å²) in [6.45, 7) is 5.85. The Morgan fingerprint density at radius 3 is 2.76 bits per heavy atom. The lowest BCUT2D eigenvalue weighted by Crippen LogP contribution is -2.56. The standard InChI is InChI=1S/C12H20N2O3/c1-11(2,3)17-10(15)14-7-12(13)6-8-4-5-9(12)16-8/h4-5,8-9H,6-7,13H2,1-3H3,(H,14,15). The van der Waals surface area contributed by atoms with Crippen LogP contribution in [0.3, 0.4) is 0 Å². The van der Waals surface area contributed by atoms with Crippen LogP contribution in [0.5, 0.6) is 0 Å². The lowest BCUT2D eigenvalue weighted by molar-refractivity contribution is 0.0501. The molecule has 2 aliphatic rings. The van der Waals surface area contributed by atoms with Gasteiger partial charge in [0, 0.05) is 6.54 Å². The fraction of sp³-hybridized carbons (Fsp3) is 0.750. The van der Waals surface area contributed by atoms with Gasteiger partial charge in [0.2, 0.25) is 0 Å². The second-order valence-electron chi connectivity index (χ2n) is 5.77. The molecule has 3 N–H and O–H groups in total. The molecule has 2 bridgehead atoms. The normalized spacial score (nSPS) is 35.1. The zero-order valence-corrected chi connectivity index (χ0v) is 10.5. The van der Waals surface area contributed by atoms with E-state index in [-0.39, 0.29) is 12.2 Å². The number of hydrogen-bond donors (Lipinski definition) is 2. The van der Waals surface area contributed by atoms with Crippen molar-refractivity contribution in [1.29, 1.82) is 0 Å². The zero-order chi connectivity index (χ0) is 12.7. The number of carbonyl (C=O) groups is 1. The number of amides is 1. The Labute approximate surface area is 101 Å². The number of fused-ring (bicyclic) bond motifs is 2. The maximum absolute atomic E-state index is 11.5. The molecule has 5 heteroatoms. The van der Waals surface area contributed by atoms with E-state index in [9.17, 15) is 4.79 Å². The molecule has 0 spiro atoms. The van der Waals surface area contributed by atoms with Gasteiger partial charge in [0.25, 0.3) is 0 Å². The molecular weight excluding hydrogens is 220 g/mol. The van der Waals surface area contributed by atoms with Crippen molar-refractivity contribution in [2.75, 3.05) is 6.54 Å². The molecule has 1 fully saturated rings. The SMILES string of the molecule is CC(C)(C)OC(=O)NCC1(N)CC2C=CC1O2. The van der Waals surface area contributed by atoms with Gasteiger partial charge in [0.1, 0.15) is 5.60 Å². The summed E-state index contributed by atoms with van der Waals surface area (Å²) in [5, 5.41) is 2.71. The molecule has 1 amide bonds. The van der Waals surface area contributed by atoms with Crippen LogP contribution in [0.1, 0.15) is 27.2 Å². The predicted octanol–water partition coefficient (Wildman–Crippen LogP) is 0.936. The molecule has 2 aliphatic heterocycles. The molecule has 0 radical (unpaired) electrons. The Morgan fingerprint density at radius 2 is 2.29 bits per heavy atom. The molecule has 0 aliphatic carbocycles. The summed E-state index contributed by atoms with van der Waals surface area (Å²) in [6, 6.07) is 0. The molecule has 2 rings (SSSR count). The van der Waals surface area contributed by atoms with Crippen molar-refractivity contribution in [3.63, 3.8) is 0 Å². The van der Waals surface area contributed by atoms with Gasteiger partial charge in [0.15, 0.2) is 0 Å². The van der Waals surface area contributed by atoms with E-state index in [0.717, 1.165) is 6.42 Å². The predicted molar refractivity (Wildman–Crippen MR) is 63.6 cm³/mol. The number of rotatable bonds is 2. The van der Waals surface area contributed by atoms with Crippen LogP contribution >= 0.6 is 0 Å². The first-order valence-corrected chi connectivity index (χ1v) is 5.88. The van der Waals surface area contributed by atoms with Crippen LogP contribution < -0.4 is 11.1 Å². The highest BCUT2D eigenvalue weighted by Gasteiger charge is 2.47. The fourth-order valence-electron chi connectivity index (χ4n) is 2.16. The van der Waals surface area contributed by atoms with Crippen LogP contribution in [0, 0.1) is 0 Å². The molecule has 0 saturated carbocycles. The molecule has 1 saturated heterocycles. The molecule has 17 heavy (non-hydrogen) atoms. The van der Waals surface area contributed by atoms with Crippen molar-refractivity contribution in [1.82, 2.24) is 5.32 Å². The summed E-state index contributed by atoms with van der Waals surface area (Å²) < 4.78 is 10.8. The van der Waals surface area contributed by atoms with Gasteiger partial charge in [-0.15, -0.1) is 0 Å². The van der Waals surface area contributed by atoms with Crippen molar-refractivity contribution in [2.24, 2.45) is 5.73 Å². The number of ether oxygens (including phenoxy) is 2. The van der Waals surface area contributed by atoms with Crippen molar-refractivity contribution >= 4 is 6.09 Å². The summed E-state index contributed by atoms with van der Waals surface area (Å²) in [5.74, 6) is 0. The van der Waals surface area contributed by atoms with Gasteiger partial charge in [-0.05, 0) is 27.2 Å². The van der Waals surface area contributed by atoms with Gasteiger partial charge in [-0.2, -0.15) is 0 Å². The maximum Gasteiger partial charge on any atom is 0.407 e. The van der Waals surface area contributed by atoms with Gasteiger partial charge >= 0.3 is 6.09 Å². The van der Waals surface area contributed by atoms with Crippen molar-refractivity contribution in [3.05, 3.63) is 12.2 Å².